The third kappa shape index (κ3) is 3.14. The minimum absolute atomic E-state index is 0.0410. The van der Waals surface area contributed by atoms with E-state index in [-0.39, 0.29) is 18.4 Å². The molecule has 108 valence electrons. The van der Waals surface area contributed by atoms with Crippen molar-refractivity contribution in [3.05, 3.63) is 29.6 Å². The van der Waals surface area contributed by atoms with Gasteiger partial charge in [0.05, 0.1) is 11.6 Å². The van der Waals surface area contributed by atoms with Crippen LogP contribution in [0.1, 0.15) is 30.5 Å². The number of nitrogens with zero attached hydrogens (tertiary/aromatic N) is 2. The van der Waals surface area contributed by atoms with Crippen molar-refractivity contribution in [3.63, 3.8) is 0 Å². The summed E-state index contributed by atoms with van der Waals surface area (Å²) in [5.41, 5.74) is 1.66. The molecule has 0 saturated heterocycles. The van der Waals surface area contributed by atoms with Crippen molar-refractivity contribution in [2.24, 2.45) is 0 Å². The van der Waals surface area contributed by atoms with Crippen LogP contribution in [0.3, 0.4) is 0 Å². The summed E-state index contributed by atoms with van der Waals surface area (Å²) >= 11 is 0. The number of hydrogen-bond acceptors (Lipinski definition) is 4. The molecule has 2 N–H and O–H groups in total. The molecule has 0 aliphatic carbocycles. The largest absolute Gasteiger partial charge is 0.396 e. The first-order valence-corrected chi connectivity index (χ1v) is 6.71. The number of aromatic nitrogens is 1. The van der Waals surface area contributed by atoms with E-state index >= 15 is 0 Å². The minimum Gasteiger partial charge on any atom is -0.396 e. The van der Waals surface area contributed by atoms with Crippen LogP contribution >= 0.6 is 0 Å². The summed E-state index contributed by atoms with van der Waals surface area (Å²) < 4.78 is 0. The molecule has 20 heavy (non-hydrogen) atoms. The smallest absolute Gasteiger partial charge is 0.230 e. The lowest BCUT2D eigenvalue weighted by Gasteiger charge is -2.32. The van der Waals surface area contributed by atoms with Crippen molar-refractivity contribution in [2.45, 2.75) is 25.8 Å². The molecule has 1 aliphatic rings. The molecule has 0 aromatic carbocycles. The Morgan fingerprint density at radius 2 is 2.35 bits per heavy atom. The van der Waals surface area contributed by atoms with Crippen LogP contribution in [0.25, 0.3) is 0 Å². The summed E-state index contributed by atoms with van der Waals surface area (Å²) in [6, 6.07) is 3.70. The van der Waals surface area contributed by atoms with Gasteiger partial charge < -0.3 is 15.3 Å². The molecule has 0 spiro atoms. The van der Waals surface area contributed by atoms with Crippen LogP contribution in [0.4, 0.5) is 0 Å². The predicted molar refractivity (Wildman–Crippen MR) is 72.8 cm³/mol. The number of carbonyl (C=O) groups is 2. The zero-order chi connectivity index (χ0) is 14.5. The molecule has 1 aliphatic heterocycles. The van der Waals surface area contributed by atoms with Gasteiger partial charge in [-0.1, -0.05) is 6.07 Å². The first-order chi connectivity index (χ1) is 9.63. The monoisotopic (exact) mass is 277 g/mol. The van der Waals surface area contributed by atoms with E-state index < -0.39 is 5.92 Å². The molecule has 1 aromatic rings. The SMILES string of the molecule is CC(=O)N1Cc2cccnc2C(C(=O)NCCCO)C1. The fourth-order valence-electron chi connectivity index (χ4n) is 2.34. The highest BCUT2D eigenvalue weighted by Gasteiger charge is 2.32. The molecule has 1 aromatic heterocycles. The zero-order valence-electron chi connectivity index (χ0n) is 11.5. The van der Waals surface area contributed by atoms with Gasteiger partial charge >= 0.3 is 0 Å². The molecule has 0 fully saturated rings. The van der Waals surface area contributed by atoms with Crippen molar-refractivity contribution in [3.8, 4) is 0 Å². The summed E-state index contributed by atoms with van der Waals surface area (Å²) in [4.78, 5) is 29.8. The number of hydrogen-bond donors (Lipinski definition) is 2. The number of rotatable bonds is 4. The molecule has 0 bridgehead atoms. The van der Waals surface area contributed by atoms with E-state index in [1.165, 1.54) is 6.92 Å². The Bertz CT molecular complexity index is 504. The molecule has 6 nitrogen and oxygen atoms in total. The first-order valence-electron chi connectivity index (χ1n) is 6.71. The van der Waals surface area contributed by atoms with Crippen LogP contribution in [0.15, 0.2) is 18.3 Å². The van der Waals surface area contributed by atoms with Gasteiger partial charge in [0.25, 0.3) is 0 Å². The summed E-state index contributed by atoms with van der Waals surface area (Å²) in [5, 5.41) is 11.5. The Morgan fingerprint density at radius 3 is 3.05 bits per heavy atom. The van der Waals surface area contributed by atoms with Gasteiger partial charge in [-0.05, 0) is 18.1 Å². The first kappa shape index (κ1) is 14.5. The van der Waals surface area contributed by atoms with Crippen molar-refractivity contribution in [2.75, 3.05) is 19.7 Å². The highest BCUT2D eigenvalue weighted by molar-refractivity contribution is 5.85. The van der Waals surface area contributed by atoms with Gasteiger partial charge in [-0.3, -0.25) is 14.6 Å². The molecular weight excluding hydrogens is 258 g/mol. The van der Waals surface area contributed by atoms with E-state index in [9.17, 15) is 9.59 Å². The number of aliphatic hydroxyl groups excluding tert-OH is 1. The van der Waals surface area contributed by atoms with Crippen LogP contribution in [-0.2, 0) is 16.1 Å². The van der Waals surface area contributed by atoms with Gasteiger partial charge in [0.15, 0.2) is 0 Å². The third-order valence-electron chi connectivity index (χ3n) is 3.42. The van der Waals surface area contributed by atoms with Crippen LogP contribution < -0.4 is 5.32 Å². The van der Waals surface area contributed by atoms with E-state index in [1.807, 2.05) is 12.1 Å². The number of pyridine rings is 1. The third-order valence-corrected chi connectivity index (χ3v) is 3.42. The Balaban J connectivity index is 2.18. The lowest BCUT2D eigenvalue weighted by atomic mass is 9.94. The second-order valence-corrected chi connectivity index (χ2v) is 4.87. The molecule has 1 unspecified atom stereocenters. The van der Waals surface area contributed by atoms with Gasteiger partial charge in [0, 0.05) is 39.4 Å². The molecule has 0 radical (unpaired) electrons. The topological polar surface area (TPSA) is 82.5 Å². The molecule has 2 amide bonds. The lowest BCUT2D eigenvalue weighted by molar-refractivity contribution is -0.131. The van der Waals surface area contributed by atoms with E-state index in [2.05, 4.69) is 10.3 Å². The van der Waals surface area contributed by atoms with E-state index in [1.54, 1.807) is 11.1 Å². The second kappa shape index (κ2) is 6.47. The van der Waals surface area contributed by atoms with E-state index in [0.717, 1.165) is 11.3 Å². The van der Waals surface area contributed by atoms with Gasteiger partial charge in [0.2, 0.25) is 11.8 Å². The summed E-state index contributed by atoms with van der Waals surface area (Å²) in [5.74, 6) is -0.639. The van der Waals surface area contributed by atoms with Gasteiger partial charge in [0.1, 0.15) is 0 Å². The standard InChI is InChI=1S/C14H19N3O3/c1-10(19)17-8-11-4-2-5-15-13(11)12(9-17)14(20)16-6-3-7-18/h2,4-5,12,18H,3,6-9H2,1H3,(H,16,20). The van der Waals surface area contributed by atoms with Crippen molar-refractivity contribution in [1.29, 1.82) is 0 Å². The van der Waals surface area contributed by atoms with Crippen LogP contribution in [0.2, 0.25) is 0 Å². The predicted octanol–water partition coefficient (Wildman–Crippen LogP) is 0.0259. The fourth-order valence-corrected chi connectivity index (χ4v) is 2.34. The van der Waals surface area contributed by atoms with Crippen LogP contribution in [0.5, 0.6) is 0 Å². The fraction of sp³-hybridized carbons (Fsp3) is 0.500. The highest BCUT2D eigenvalue weighted by atomic mass is 16.3. The molecule has 0 saturated carbocycles. The Morgan fingerprint density at radius 1 is 1.55 bits per heavy atom. The Hall–Kier alpha value is -1.95. The number of fused-ring (bicyclic) bond motifs is 1. The maximum absolute atomic E-state index is 12.2. The quantitative estimate of drug-likeness (QED) is 0.760. The average Bonchev–Trinajstić information content (AvgIpc) is 2.46. The average molecular weight is 277 g/mol. The number of amides is 2. The van der Waals surface area contributed by atoms with Crippen LogP contribution in [0, 0.1) is 0 Å². The van der Waals surface area contributed by atoms with Gasteiger partial charge in [-0.2, -0.15) is 0 Å². The molecule has 2 rings (SSSR count). The molecule has 6 heteroatoms. The highest BCUT2D eigenvalue weighted by Crippen LogP contribution is 2.26. The normalized spacial score (nSPS) is 17.5. The number of nitrogens with one attached hydrogen (secondary N) is 1. The lowest BCUT2D eigenvalue weighted by Crippen LogP contribution is -2.43. The van der Waals surface area contributed by atoms with E-state index in [0.29, 0.717) is 26.1 Å². The zero-order valence-corrected chi connectivity index (χ0v) is 11.5. The number of carbonyl (C=O) groups excluding carboxylic acids is 2. The van der Waals surface area contributed by atoms with Gasteiger partial charge in [-0.25, -0.2) is 0 Å². The van der Waals surface area contributed by atoms with Crippen molar-refractivity contribution >= 4 is 11.8 Å². The summed E-state index contributed by atoms with van der Waals surface area (Å²) in [6.07, 6.45) is 2.18. The Kier molecular flexibility index (Phi) is 4.68. The van der Waals surface area contributed by atoms with Crippen molar-refractivity contribution in [1.82, 2.24) is 15.2 Å². The molecule has 2 heterocycles. The number of aliphatic hydroxyl groups is 1. The summed E-state index contributed by atoms with van der Waals surface area (Å²) in [6.45, 7) is 2.82. The minimum atomic E-state index is -0.442. The van der Waals surface area contributed by atoms with Crippen molar-refractivity contribution < 1.29 is 14.7 Å². The molecular formula is C14H19N3O3. The maximum atomic E-state index is 12.2. The van der Waals surface area contributed by atoms with E-state index in [4.69, 9.17) is 5.11 Å². The summed E-state index contributed by atoms with van der Waals surface area (Å²) in [7, 11) is 0. The maximum Gasteiger partial charge on any atom is 0.230 e. The van der Waals surface area contributed by atoms with Crippen LogP contribution in [-0.4, -0.2) is 46.5 Å². The van der Waals surface area contributed by atoms with Gasteiger partial charge in [-0.15, -0.1) is 0 Å². The molecule has 1 atom stereocenters. The Labute approximate surface area is 117 Å². The second-order valence-electron chi connectivity index (χ2n) is 4.87.